The molecule has 0 amide bonds. The molecule has 1 fully saturated rings. The number of aryl methyl sites for hydroxylation is 1. The van der Waals surface area contributed by atoms with Gasteiger partial charge in [-0.05, 0) is 19.1 Å². The number of sulfonamides is 1. The van der Waals surface area contributed by atoms with Crippen molar-refractivity contribution in [2.24, 2.45) is 0 Å². The summed E-state index contributed by atoms with van der Waals surface area (Å²) in [6.45, 7) is 5.43. The zero-order chi connectivity index (χ0) is 18.0. The van der Waals surface area contributed by atoms with Gasteiger partial charge in [-0.2, -0.15) is 4.31 Å². The summed E-state index contributed by atoms with van der Waals surface area (Å²) in [4.78, 5) is 1.39. The van der Waals surface area contributed by atoms with Gasteiger partial charge in [0, 0.05) is 5.56 Å². The molecule has 134 valence electrons. The van der Waals surface area contributed by atoms with E-state index in [9.17, 15) is 8.42 Å². The van der Waals surface area contributed by atoms with Crippen molar-refractivity contribution in [2.75, 3.05) is 26.2 Å². The van der Waals surface area contributed by atoms with E-state index in [0.29, 0.717) is 13.1 Å². The fourth-order valence-corrected chi connectivity index (χ4v) is 5.72. The maximum atomic E-state index is 12.9. The molecule has 0 unspecified atom stereocenters. The van der Waals surface area contributed by atoms with Crippen LogP contribution in [0.4, 0.5) is 0 Å². The molecule has 25 heavy (non-hydrogen) atoms. The average molecular weight is 400 g/mol. The van der Waals surface area contributed by atoms with Crippen LogP contribution >= 0.6 is 23.2 Å². The maximum Gasteiger partial charge on any atom is 0.246 e. The first-order valence-electron chi connectivity index (χ1n) is 8.21. The third-order valence-corrected chi connectivity index (χ3v) is 7.34. The van der Waals surface area contributed by atoms with Gasteiger partial charge < -0.3 is 4.90 Å². The van der Waals surface area contributed by atoms with Crippen LogP contribution in [0.1, 0.15) is 11.1 Å². The molecule has 0 atom stereocenters. The lowest BCUT2D eigenvalue weighted by atomic mass is 10.1. The van der Waals surface area contributed by atoms with E-state index in [1.54, 1.807) is 18.2 Å². The Hall–Kier alpha value is -1.11. The highest BCUT2D eigenvalue weighted by Gasteiger charge is 2.33. The Labute approximate surface area is 159 Å². The molecule has 0 aliphatic carbocycles. The van der Waals surface area contributed by atoms with Gasteiger partial charge in [0.05, 0.1) is 36.2 Å². The second-order valence-electron chi connectivity index (χ2n) is 6.37. The van der Waals surface area contributed by atoms with Crippen molar-refractivity contribution >= 4 is 33.2 Å². The topological polar surface area (TPSA) is 41.8 Å². The molecule has 3 rings (SSSR count). The summed E-state index contributed by atoms with van der Waals surface area (Å²) >= 11 is 12.2. The van der Waals surface area contributed by atoms with Gasteiger partial charge in [0.25, 0.3) is 0 Å². The zero-order valence-corrected chi connectivity index (χ0v) is 16.3. The Balaban J connectivity index is 1.69. The number of quaternary nitrogens is 1. The number of hydrogen-bond donors (Lipinski definition) is 1. The van der Waals surface area contributed by atoms with Crippen molar-refractivity contribution in [3.63, 3.8) is 0 Å². The van der Waals surface area contributed by atoms with Gasteiger partial charge in [0.15, 0.2) is 0 Å². The third-order valence-electron chi connectivity index (χ3n) is 4.48. The standard InChI is InChI=1S/C18H20Cl2N2O2S/c1-14-4-2-5-15(12-14)13-21-8-10-22(11-9-21)25(23,24)18-16(19)6-3-7-17(18)20/h2-7,12H,8-11,13H2,1H3/p+1. The van der Waals surface area contributed by atoms with Gasteiger partial charge in [-0.15, -0.1) is 0 Å². The number of halogens is 2. The molecular formula is C18H21Cl2N2O2S+. The lowest BCUT2D eigenvalue weighted by molar-refractivity contribution is -0.917. The van der Waals surface area contributed by atoms with E-state index < -0.39 is 10.0 Å². The monoisotopic (exact) mass is 399 g/mol. The van der Waals surface area contributed by atoms with Crippen molar-refractivity contribution in [1.82, 2.24) is 4.31 Å². The molecule has 2 aromatic rings. The van der Waals surface area contributed by atoms with Crippen LogP contribution in [-0.2, 0) is 16.6 Å². The Morgan fingerprint density at radius 2 is 1.64 bits per heavy atom. The molecule has 7 heteroatoms. The molecule has 1 heterocycles. The van der Waals surface area contributed by atoms with Crippen molar-refractivity contribution in [3.8, 4) is 0 Å². The van der Waals surface area contributed by atoms with Gasteiger partial charge in [-0.25, -0.2) is 8.42 Å². The average Bonchev–Trinajstić information content (AvgIpc) is 2.55. The van der Waals surface area contributed by atoms with Crippen molar-refractivity contribution in [3.05, 3.63) is 63.6 Å². The molecule has 0 aromatic heterocycles. The first-order valence-corrected chi connectivity index (χ1v) is 10.4. The van der Waals surface area contributed by atoms with E-state index in [2.05, 4.69) is 31.2 Å². The minimum atomic E-state index is -3.67. The lowest BCUT2D eigenvalue weighted by Gasteiger charge is -2.32. The SMILES string of the molecule is Cc1cccc(C[NH+]2CCN(S(=O)(=O)c3c(Cl)cccc3Cl)CC2)c1. The van der Waals surface area contributed by atoms with Gasteiger partial charge in [-0.3, -0.25) is 0 Å². The number of hydrogen-bond acceptors (Lipinski definition) is 2. The highest BCUT2D eigenvalue weighted by Crippen LogP contribution is 2.31. The Morgan fingerprint density at radius 3 is 2.24 bits per heavy atom. The zero-order valence-electron chi connectivity index (χ0n) is 14.0. The first kappa shape index (κ1) is 18.7. The van der Waals surface area contributed by atoms with Crippen molar-refractivity contribution in [2.45, 2.75) is 18.4 Å². The van der Waals surface area contributed by atoms with Crippen LogP contribution in [0.3, 0.4) is 0 Å². The maximum absolute atomic E-state index is 12.9. The van der Waals surface area contributed by atoms with E-state index in [1.807, 2.05) is 0 Å². The van der Waals surface area contributed by atoms with Crippen LogP contribution in [0.25, 0.3) is 0 Å². The third kappa shape index (κ3) is 4.18. The molecule has 1 saturated heterocycles. The lowest BCUT2D eigenvalue weighted by Crippen LogP contribution is -3.13. The van der Waals surface area contributed by atoms with Crippen LogP contribution in [0, 0.1) is 6.92 Å². The Morgan fingerprint density at radius 1 is 1.04 bits per heavy atom. The molecule has 1 aliphatic heterocycles. The largest absolute Gasteiger partial charge is 0.329 e. The summed E-state index contributed by atoms with van der Waals surface area (Å²) in [7, 11) is -3.67. The van der Waals surface area contributed by atoms with E-state index in [4.69, 9.17) is 23.2 Å². The number of benzene rings is 2. The van der Waals surface area contributed by atoms with Crippen molar-refractivity contribution in [1.29, 1.82) is 0 Å². The quantitative estimate of drug-likeness (QED) is 0.857. The number of piperazine rings is 1. The van der Waals surface area contributed by atoms with Crippen molar-refractivity contribution < 1.29 is 13.3 Å². The molecule has 0 bridgehead atoms. The normalized spacial score (nSPS) is 16.9. The Kier molecular flexibility index (Phi) is 5.71. The van der Waals surface area contributed by atoms with Crippen LogP contribution < -0.4 is 4.90 Å². The fraction of sp³-hybridized carbons (Fsp3) is 0.333. The van der Waals surface area contributed by atoms with Gasteiger partial charge in [0.2, 0.25) is 10.0 Å². The fourth-order valence-electron chi connectivity index (χ4n) is 3.19. The highest BCUT2D eigenvalue weighted by atomic mass is 35.5. The second kappa shape index (κ2) is 7.64. The molecule has 0 saturated carbocycles. The molecule has 1 aliphatic rings. The minimum absolute atomic E-state index is 0.0143. The van der Waals surface area contributed by atoms with Gasteiger partial charge >= 0.3 is 0 Å². The van der Waals surface area contributed by atoms with Crippen LogP contribution in [0.2, 0.25) is 10.0 Å². The van der Waals surface area contributed by atoms with Gasteiger partial charge in [-0.1, -0.05) is 59.1 Å². The van der Waals surface area contributed by atoms with E-state index in [0.717, 1.165) is 19.6 Å². The summed E-state index contributed by atoms with van der Waals surface area (Å²) in [6.07, 6.45) is 0. The summed E-state index contributed by atoms with van der Waals surface area (Å²) in [5, 5.41) is 0.337. The minimum Gasteiger partial charge on any atom is -0.329 e. The van der Waals surface area contributed by atoms with E-state index in [1.165, 1.54) is 20.3 Å². The summed E-state index contributed by atoms with van der Waals surface area (Å²) in [5.74, 6) is 0. The molecule has 1 N–H and O–H groups in total. The number of nitrogens with zero attached hydrogens (tertiary/aromatic N) is 1. The molecule has 2 aromatic carbocycles. The highest BCUT2D eigenvalue weighted by molar-refractivity contribution is 7.89. The molecule has 4 nitrogen and oxygen atoms in total. The number of rotatable bonds is 4. The molecular weight excluding hydrogens is 379 g/mol. The summed E-state index contributed by atoms with van der Waals surface area (Å²) in [5.41, 5.74) is 2.52. The molecule has 0 radical (unpaired) electrons. The van der Waals surface area contributed by atoms with E-state index >= 15 is 0 Å². The summed E-state index contributed by atoms with van der Waals surface area (Å²) < 4.78 is 27.3. The molecule has 0 spiro atoms. The van der Waals surface area contributed by atoms with Crippen LogP contribution in [-0.4, -0.2) is 38.9 Å². The first-order chi connectivity index (χ1) is 11.9. The van der Waals surface area contributed by atoms with E-state index in [-0.39, 0.29) is 14.9 Å². The van der Waals surface area contributed by atoms with Crippen LogP contribution in [0.15, 0.2) is 47.4 Å². The number of nitrogens with one attached hydrogen (secondary N) is 1. The smallest absolute Gasteiger partial charge is 0.246 e. The predicted octanol–water partition coefficient (Wildman–Crippen LogP) is 2.39. The van der Waals surface area contributed by atoms with Gasteiger partial charge in [0.1, 0.15) is 11.4 Å². The summed E-state index contributed by atoms with van der Waals surface area (Å²) in [6, 6.07) is 13.2. The predicted molar refractivity (Wildman–Crippen MR) is 101 cm³/mol. The van der Waals surface area contributed by atoms with Crippen LogP contribution in [0.5, 0.6) is 0 Å². The Bertz CT molecular complexity index is 843. The second-order valence-corrected chi connectivity index (χ2v) is 9.06.